The number of nitrogens with zero attached hydrogens (tertiary/aromatic N) is 4. The molecule has 1 aliphatic heterocycles. The summed E-state index contributed by atoms with van der Waals surface area (Å²) in [6.07, 6.45) is 4.67. The van der Waals surface area contributed by atoms with Gasteiger partial charge in [0.05, 0.1) is 11.4 Å². The van der Waals surface area contributed by atoms with Gasteiger partial charge in [0, 0.05) is 51.7 Å². The molecular formula is C35H36N4O3. The van der Waals surface area contributed by atoms with Crippen LogP contribution < -0.4 is 15.2 Å². The van der Waals surface area contributed by atoms with Gasteiger partial charge >= 0.3 is 5.69 Å². The van der Waals surface area contributed by atoms with Crippen LogP contribution in [-0.2, 0) is 6.42 Å². The van der Waals surface area contributed by atoms with Crippen LogP contribution in [0.2, 0.25) is 0 Å². The highest BCUT2D eigenvalue weighted by molar-refractivity contribution is 5.41. The van der Waals surface area contributed by atoms with Crippen LogP contribution in [-0.4, -0.2) is 64.8 Å². The first-order valence-electron chi connectivity index (χ1n) is 14.6. The molecular weight excluding hydrogens is 524 g/mol. The molecule has 5 aromatic rings. The molecule has 4 aromatic carbocycles. The van der Waals surface area contributed by atoms with Crippen molar-refractivity contribution in [1.82, 2.24) is 18.9 Å². The van der Waals surface area contributed by atoms with Crippen LogP contribution in [0.5, 0.6) is 17.2 Å². The van der Waals surface area contributed by atoms with Crippen molar-refractivity contribution in [1.29, 1.82) is 0 Å². The van der Waals surface area contributed by atoms with Gasteiger partial charge in [0.1, 0.15) is 23.9 Å². The SMILES string of the molecule is O=c1n(-c2ccc(OCCN3CCN(CCc4ccccc4)CC3)cc2)ccn1-c1ccc(Oc2ccccc2)cc1. The number of benzene rings is 4. The van der Waals surface area contributed by atoms with Crippen molar-refractivity contribution >= 4 is 0 Å². The van der Waals surface area contributed by atoms with Crippen molar-refractivity contribution in [2.24, 2.45) is 0 Å². The summed E-state index contributed by atoms with van der Waals surface area (Å²) in [5.74, 6) is 2.30. The van der Waals surface area contributed by atoms with E-state index in [1.54, 1.807) is 21.5 Å². The third-order valence-electron chi connectivity index (χ3n) is 7.69. The maximum absolute atomic E-state index is 13.2. The topological polar surface area (TPSA) is 51.9 Å². The van der Waals surface area contributed by atoms with E-state index in [0.717, 1.165) is 68.6 Å². The van der Waals surface area contributed by atoms with E-state index in [1.165, 1.54) is 5.56 Å². The monoisotopic (exact) mass is 560 g/mol. The van der Waals surface area contributed by atoms with Crippen LogP contribution in [0.1, 0.15) is 5.56 Å². The van der Waals surface area contributed by atoms with Gasteiger partial charge in [-0.25, -0.2) is 4.79 Å². The number of piperazine rings is 1. The van der Waals surface area contributed by atoms with Crippen LogP contribution in [0.3, 0.4) is 0 Å². The Bertz CT molecular complexity index is 1590. The third-order valence-corrected chi connectivity index (χ3v) is 7.69. The zero-order valence-electron chi connectivity index (χ0n) is 23.7. The number of rotatable bonds is 11. The van der Waals surface area contributed by atoms with Crippen molar-refractivity contribution in [2.75, 3.05) is 45.9 Å². The molecule has 0 bridgehead atoms. The van der Waals surface area contributed by atoms with E-state index in [9.17, 15) is 4.79 Å². The molecule has 2 heterocycles. The Morgan fingerprint density at radius 2 is 1.05 bits per heavy atom. The van der Waals surface area contributed by atoms with Crippen molar-refractivity contribution in [3.8, 4) is 28.6 Å². The Balaban J connectivity index is 0.968. The zero-order chi connectivity index (χ0) is 28.6. The largest absolute Gasteiger partial charge is 0.492 e. The molecule has 7 nitrogen and oxygen atoms in total. The van der Waals surface area contributed by atoms with Gasteiger partial charge in [-0.3, -0.25) is 14.0 Å². The Hall–Kier alpha value is -4.59. The molecule has 0 atom stereocenters. The maximum Gasteiger partial charge on any atom is 0.337 e. The standard InChI is InChI=1S/C35H36N4O3/c40-35-38(25-26-39(35)31-13-17-34(18-14-31)42-33-9-5-2-6-10-33)30-11-15-32(16-12-30)41-28-27-37-23-21-36(22-24-37)20-19-29-7-3-1-4-8-29/h1-18,25-26H,19-24,27-28H2. The fourth-order valence-electron chi connectivity index (χ4n) is 5.23. The summed E-state index contributed by atoms with van der Waals surface area (Å²) in [4.78, 5) is 18.2. The lowest BCUT2D eigenvalue weighted by Crippen LogP contribution is -2.47. The summed E-state index contributed by atoms with van der Waals surface area (Å²) < 4.78 is 15.2. The fourth-order valence-corrected chi connectivity index (χ4v) is 5.23. The first-order valence-corrected chi connectivity index (χ1v) is 14.6. The lowest BCUT2D eigenvalue weighted by atomic mass is 10.1. The van der Waals surface area contributed by atoms with Gasteiger partial charge < -0.3 is 14.4 Å². The van der Waals surface area contributed by atoms with Crippen LogP contribution >= 0.6 is 0 Å². The quantitative estimate of drug-likeness (QED) is 0.209. The van der Waals surface area contributed by atoms with Crippen LogP contribution in [0.15, 0.2) is 126 Å². The molecule has 1 fully saturated rings. The average molecular weight is 561 g/mol. The van der Waals surface area contributed by atoms with E-state index in [-0.39, 0.29) is 5.69 Å². The van der Waals surface area contributed by atoms with Crippen molar-refractivity contribution in [3.63, 3.8) is 0 Å². The highest BCUT2D eigenvalue weighted by atomic mass is 16.5. The highest BCUT2D eigenvalue weighted by Gasteiger charge is 2.16. The molecule has 0 aliphatic carbocycles. The predicted molar refractivity (Wildman–Crippen MR) is 166 cm³/mol. The average Bonchev–Trinajstić information content (AvgIpc) is 3.43. The molecule has 0 radical (unpaired) electrons. The number of hydrogen-bond acceptors (Lipinski definition) is 5. The molecule has 1 aliphatic rings. The smallest absolute Gasteiger partial charge is 0.337 e. The van der Waals surface area contributed by atoms with Gasteiger partial charge in [0.2, 0.25) is 0 Å². The molecule has 214 valence electrons. The van der Waals surface area contributed by atoms with Gasteiger partial charge in [0.25, 0.3) is 0 Å². The Morgan fingerprint density at radius 1 is 0.548 bits per heavy atom. The molecule has 0 amide bonds. The number of aromatic nitrogens is 2. The zero-order valence-corrected chi connectivity index (χ0v) is 23.7. The molecule has 42 heavy (non-hydrogen) atoms. The normalized spacial score (nSPS) is 14.1. The van der Waals surface area contributed by atoms with E-state index in [0.29, 0.717) is 12.4 Å². The Kier molecular flexibility index (Phi) is 8.78. The van der Waals surface area contributed by atoms with Gasteiger partial charge in [-0.2, -0.15) is 0 Å². The van der Waals surface area contributed by atoms with Crippen molar-refractivity contribution in [2.45, 2.75) is 6.42 Å². The summed E-state index contributed by atoms with van der Waals surface area (Å²) in [7, 11) is 0. The molecule has 1 aromatic heterocycles. The van der Waals surface area contributed by atoms with Crippen LogP contribution in [0, 0.1) is 0 Å². The van der Waals surface area contributed by atoms with Gasteiger partial charge in [0.15, 0.2) is 0 Å². The molecule has 0 spiro atoms. The van der Waals surface area contributed by atoms with E-state index in [1.807, 2.05) is 78.9 Å². The molecule has 0 unspecified atom stereocenters. The summed E-state index contributed by atoms with van der Waals surface area (Å²) in [6, 6.07) is 35.5. The number of para-hydroxylation sites is 1. The summed E-state index contributed by atoms with van der Waals surface area (Å²) in [5.41, 5.74) is 2.84. The summed E-state index contributed by atoms with van der Waals surface area (Å²) >= 11 is 0. The van der Waals surface area contributed by atoms with Crippen LogP contribution in [0.4, 0.5) is 0 Å². The third kappa shape index (κ3) is 7.00. The lowest BCUT2D eigenvalue weighted by molar-refractivity contribution is 0.118. The number of imidazole rings is 1. The van der Waals surface area contributed by atoms with E-state index >= 15 is 0 Å². The first kappa shape index (κ1) is 27.6. The second-order valence-corrected chi connectivity index (χ2v) is 10.5. The maximum atomic E-state index is 13.2. The van der Waals surface area contributed by atoms with Crippen molar-refractivity contribution < 1.29 is 9.47 Å². The Labute approximate surface area is 246 Å². The van der Waals surface area contributed by atoms with Gasteiger partial charge in [-0.05, 0) is 72.6 Å². The minimum Gasteiger partial charge on any atom is -0.492 e. The lowest BCUT2D eigenvalue weighted by Gasteiger charge is -2.34. The highest BCUT2D eigenvalue weighted by Crippen LogP contribution is 2.22. The number of ether oxygens (including phenoxy) is 2. The minimum absolute atomic E-state index is 0.136. The minimum atomic E-state index is -0.136. The van der Waals surface area contributed by atoms with E-state index in [2.05, 4.69) is 40.1 Å². The first-order chi connectivity index (χ1) is 20.7. The summed E-state index contributed by atoms with van der Waals surface area (Å²) in [6.45, 7) is 7.00. The van der Waals surface area contributed by atoms with Gasteiger partial charge in [-0.1, -0.05) is 48.5 Å². The van der Waals surface area contributed by atoms with Crippen molar-refractivity contribution in [3.05, 3.63) is 138 Å². The van der Waals surface area contributed by atoms with E-state index < -0.39 is 0 Å². The summed E-state index contributed by atoms with van der Waals surface area (Å²) in [5, 5.41) is 0. The molecule has 0 N–H and O–H groups in total. The van der Waals surface area contributed by atoms with E-state index in [4.69, 9.17) is 9.47 Å². The predicted octanol–water partition coefficient (Wildman–Crippen LogP) is 5.66. The second kappa shape index (κ2) is 13.4. The molecule has 1 saturated heterocycles. The van der Waals surface area contributed by atoms with Crippen LogP contribution in [0.25, 0.3) is 11.4 Å². The number of hydrogen-bond donors (Lipinski definition) is 0. The molecule has 6 rings (SSSR count). The van der Waals surface area contributed by atoms with Gasteiger partial charge in [-0.15, -0.1) is 0 Å². The second-order valence-electron chi connectivity index (χ2n) is 10.5. The fraction of sp³-hybridized carbons (Fsp3) is 0.229. The molecule has 0 saturated carbocycles. The molecule has 7 heteroatoms. The Morgan fingerprint density at radius 3 is 1.64 bits per heavy atom.